The number of hydrogen-bond donors (Lipinski definition) is 3. The molecular formula is C18H25FN4O4S. The van der Waals surface area contributed by atoms with Gasteiger partial charge in [0, 0.05) is 38.1 Å². The van der Waals surface area contributed by atoms with Crippen LogP contribution < -0.4 is 15.4 Å². The number of rotatable bonds is 7. The van der Waals surface area contributed by atoms with Gasteiger partial charge in [0.1, 0.15) is 5.82 Å². The Balaban J connectivity index is 1.50. The molecule has 2 saturated heterocycles. The van der Waals surface area contributed by atoms with Gasteiger partial charge >= 0.3 is 0 Å². The normalized spacial score (nSPS) is 25.2. The van der Waals surface area contributed by atoms with Crippen molar-refractivity contribution >= 4 is 21.8 Å². The number of carbonyl (C=O) groups is 2. The molecule has 28 heavy (non-hydrogen) atoms. The van der Waals surface area contributed by atoms with Crippen LogP contribution in [0.4, 0.5) is 4.39 Å². The van der Waals surface area contributed by atoms with Gasteiger partial charge in [-0.05, 0) is 30.5 Å². The Morgan fingerprint density at radius 2 is 2.04 bits per heavy atom. The molecule has 3 rings (SSSR count). The number of halogens is 1. The topological polar surface area (TPSA) is 108 Å². The zero-order chi connectivity index (χ0) is 20.3. The number of hydrogen-bond acceptors (Lipinski definition) is 5. The van der Waals surface area contributed by atoms with Crippen molar-refractivity contribution in [1.82, 2.24) is 20.3 Å². The highest BCUT2D eigenvalue weighted by atomic mass is 32.2. The van der Waals surface area contributed by atoms with Crippen molar-refractivity contribution in [2.24, 2.45) is 0 Å². The van der Waals surface area contributed by atoms with E-state index in [0.29, 0.717) is 32.5 Å². The van der Waals surface area contributed by atoms with Gasteiger partial charge in [-0.25, -0.2) is 17.5 Å². The number of amides is 2. The molecule has 0 bridgehead atoms. The molecule has 3 atom stereocenters. The van der Waals surface area contributed by atoms with Crippen molar-refractivity contribution in [3.8, 4) is 0 Å². The second-order valence-electron chi connectivity index (χ2n) is 7.38. The first-order valence-electron chi connectivity index (χ1n) is 9.23. The molecule has 0 aliphatic carbocycles. The summed E-state index contributed by atoms with van der Waals surface area (Å²) in [7, 11) is -3.34. The highest BCUT2D eigenvalue weighted by molar-refractivity contribution is 7.88. The lowest BCUT2D eigenvalue weighted by Crippen LogP contribution is -2.58. The zero-order valence-corrected chi connectivity index (χ0v) is 16.5. The molecule has 0 aromatic heterocycles. The van der Waals surface area contributed by atoms with Gasteiger partial charge in [-0.1, -0.05) is 12.1 Å². The number of nitrogens with one attached hydrogen (secondary N) is 3. The minimum atomic E-state index is -3.34. The fourth-order valence-electron chi connectivity index (χ4n) is 3.82. The van der Waals surface area contributed by atoms with Crippen LogP contribution in [0.25, 0.3) is 0 Å². The average molecular weight is 412 g/mol. The third-order valence-corrected chi connectivity index (χ3v) is 5.87. The Bertz CT molecular complexity index is 830. The highest BCUT2D eigenvalue weighted by Crippen LogP contribution is 2.26. The van der Waals surface area contributed by atoms with Gasteiger partial charge in [0.05, 0.1) is 12.3 Å². The summed E-state index contributed by atoms with van der Waals surface area (Å²) in [6, 6.07) is 5.23. The SMILES string of the molecule is CS(=O)(=O)N[C@H]1C[C@H]2C(=O)NC[C@@H](CCC(=O)NCc3ccc(F)cc3)N2C1. The van der Waals surface area contributed by atoms with E-state index in [1.165, 1.54) is 12.1 Å². The maximum atomic E-state index is 12.9. The molecule has 2 aliphatic heterocycles. The lowest BCUT2D eigenvalue weighted by atomic mass is 10.0. The van der Waals surface area contributed by atoms with E-state index in [1.807, 2.05) is 4.90 Å². The lowest BCUT2D eigenvalue weighted by molar-refractivity contribution is -0.129. The molecule has 0 saturated carbocycles. The van der Waals surface area contributed by atoms with Crippen LogP contribution in [0.5, 0.6) is 0 Å². The Kier molecular flexibility index (Phi) is 6.31. The first kappa shape index (κ1) is 20.7. The lowest BCUT2D eigenvalue weighted by Gasteiger charge is -2.37. The molecule has 2 heterocycles. The number of nitrogens with zero attached hydrogens (tertiary/aromatic N) is 1. The van der Waals surface area contributed by atoms with Crippen LogP contribution in [0, 0.1) is 5.82 Å². The Morgan fingerprint density at radius 3 is 2.71 bits per heavy atom. The summed E-state index contributed by atoms with van der Waals surface area (Å²) >= 11 is 0. The smallest absolute Gasteiger partial charge is 0.237 e. The number of piperazine rings is 1. The van der Waals surface area contributed by atoms with Gasteiger partial charge in [-0.3, -0.25) is 14.5 Å². The zero-order valence-electron chi connectivity index (χ0n) is 15.7. The van der Waals surface area contributed by atoms with Crippen molar-refractivity contribution < 1.29 is 22.4 Å². The number of benzene rings is 1. The van der Waals surface area contributed by atoms with Crippen LogP contribution in [-0.4, -0.2) is 62.6 Å². The third-order valence-electron chi connectivity index (χ3n) is 5.11. The van der Waals surface area contributed by atoms with E-state index < -0.39 is 10.0 Å². The largest absolute Gasteiger partial charge is 0.353 e. The van der Waals surface area contributed by atoms with E-state index in [2.05, 4.69) is 15.4 Å². The quantitative estimate of drug-likeness (QED) is 0.571. The predicted octanol–water partition coefficient (Wildman–Crippen LogP) is -0.287. The molecule has 0 spiro atoms. The molecule has 1 aromatic rings. The summed E-state index contributed by atoms with van der Waals surface area (Å²) in [4.78, 5) is 26.3. The molecule has 1 aromatic carbocycles. The van der Waals surface area contributed by atoms with E-state index in [-0.39, 0.29) is 42.2 Å². The maximum Gasteiger partial charge on any atom is 0.237 e. The first-order valence-corrected chi connectivity index (χ1v) is 11.1. The van der Waals surface area contributed by atoms with E-state index in [9.17, 15) is 22.4 Å². The Labute approximate surface area is 163 Å². The second-order valence-corrected chi connectivity index (χ2v) is 9.16. The van der Waals surface area contributed by atoms with E-state index >= 15 is 0 Å². The van der Waals surface area contributed by atoms with Crippen LogP contribution in [0.1, 0.15) is 24.8 Å². The molecule has 3 N–H and O–H groups in total. The molecule has 0 radical (unpaired) electrons. The third kappa shape index (κ3) is 5.49. The van der Waals surface area contributed by atoms with Gasteiger partial charge in [0.25, 0.3) is 0 Å². The summed E-state index contributed by atoms with van der Waals surface area (Å²) in [5, 5.41) is 5.66. The highest BCUT2D eigenvalue weighted by Gasteiger charge is 2.43. The molecule has 10 heteroatoms. The standard InChI is InChI=1S/C18H25FN4O4S/c1-28(26,27)22-14-8-16-18(25)21-10-15(23(16)11-14)6-7-17(24)20-9-12-2-4-13(19)5-3-12/h2-5,14-16,22H,6-11H2,1H3,(H,20,24)(H,21,25)/t14-,15+,16-/m0/s1. The molecule has 0 unspecified atom stereocenters. The van der Waals surface area contributed by atoms with E-state index in [4.69, 9.17) is 0 Å². The molecule has 2 fully saturated rings. The van der Waals surface area contributed by atoms with Crippen LogP contribution >= 0.6 is 0 Å². The molecule has 154 valence electrons. The number of carbonyl (C=O) groups excluding carboxylic acids is 2. The van der Waals surface area contributed by atoms with E-state index in [1.54, 1.807) is 12.1 Å². The van der Waals surface area contributed by atoms with Crippen molar-refractivity contribution in [2.75, 3.05) is 19.3 Å². The van der Waals surface area contributed by atoms with Gasteiger partial charge in [-0.15, -0.1) is 0 Å². The van der Waals surface area contributed by atoms with Gasteiger partial charge < -0.3 is 10.6 Å². The minimum absolute atomic E-state index is 0.0226. The fourth-order valence-corrected chi connectivity index (χ4v) is 4.60. The second kappa shape index (κ2) is 8.54. The van der Waals surface area contributed by atoms with Crippen molar-refractivity contribution in [2.45, 2.75) is 43.9 Å². The summed E-state index contributed by atoms with van der Waals surface area (Å²) in [5.41, 5.74) is 0.814. The monoisotopic (exact) mass is 412 g/mol. The van der Waals surface area contributed by atoms with Crippen molar-refractivity contribution in [1.29, 1.82) is 0 Å². The molecular weight excluding hydrogens is 387 g/mol. The van der Waals surface area contributed by atoms with E-state index in [0.717, 1.165) is 11.8 Å². The maximum absolute atomic E-state index is 12.9. The summed E-state index contributed by atoms with van der Waals surface area (Å²) in [5.74, 6) is -0.546. The van der Waals surface area contributed by atoms with Crippen LogP contribution in [-0.2, 0) is 26.2 Å². The number of sulfonamides is 1. The van der Waals surface area contributed by atoms with Crippen LogP contribution in [0.3, 0.4) is 0 Å². The minimum Gasteiger partial charge on any atom is -0.353 e. The summed E-state index contributed by atoms with van der Waals surface area (Å²) in [6.07, 6.45) is 2.37. The molecule has 8 nitrogen and oxygen atoms in total. The van der Waals surface area contributed by atoms with Crippen LogP contribution in [0.2, 0.25) is 0 Å². The van der Waals surface area contributed by atoms with Crippen LogP contribution in [0.15, 0.2) is 24.3 Å². The summed E-state index contributed by atoms with van der Waals surface area (Å²) < 4.78 is 38.4. The first-order chi connectivity index (χ1) is 13.2. The van der Waals surface area contributed by atoms with Gasteiger partial charge in [0.2, 0.25) is 21.8 Å². The Morgan fingerprint density at radius 1 is 1.32 bits per heavy atom. The molecule has 2 amide bonds. The number of fused-ring (bicyclic) bond motifs is 1. The van der Waals surface area contributed by atoms with Gasteiger partial charge in [-0.2, -0.15) is 0 Å². The predicted molar refractivity (Wildman–Crippen MR) is 101 cm³/mol. The molecule has 2 aliphatic rings. The summed E-state index contributed by atoms with van der Waals surface area (Å²) in [6.45, 7) is 1.21. The average Bonchev–Trinajstić information content (AvgIpc) is 3.03. The van der Waals surface area contributed by atoms with Crippen molar-refractivity contribution in [3.63, 3.8) is 0 Å². The fraction of sp³-hybridized carbons (Fsp3) is 0.556. The Hall–Kier alpha value is -2.04. The van der Waals surface area contributed by atoms with Crippen molar-refractivity contribution in [3.05, 3.63) is 35.6 Å². The van der Waals surface area contributed by atoms with Gasteiger partial charge in [0.15, 0.2) is 0 Å².